The van der Waals surface area contributed by atoms with E-state index >= 15 is 0 Å². The number of hydrogen-bond donors (Lipinski definition) is 1. The van der Waals surface area contributed by atoms with Crippen molar-refractivity contribution in [2.24, 2.45) is 0 Å². The van der Waals surface area contributed by atoms with Crippen molar-refractivity contribution in [1.82, 2.24) is 15.0 Å². The van der Waals surface area contributed by atoms with Gasteiger partial charge in [-0.3, -0.25) is 4.79 Å². The molecule has 0 fully saturated rings. The average molecular weight is 213 g/mol. The van der Waals surface area contributed by atoms with Gasteiger partial charge in [-0.2, -0.15) is 4.98 Å². The topological polar surface area (TPSA) is 96.5 Å². The molecule has 1 amide bonds. The van der Waals surface area contributed by atoms with Gasteiger partial charge in [0.25, 0.3) is 11.7 Å². The molecule has 1 rings (SSSR count). The Morgan fingerprint density at radius 1 is 1.53 bits per heavy atom. The van der Waals surface area contributed by atoms with Crippen LogP contribution in [0.2, 0.25) is 0 Å². The van der Waals surface area contributed by atoms with Gasteiger partial charge in [0.15, 0.2) is 0 Å². The molecule has 0 bridgehead atoms. The van der Waals surface area contributed by atoms with Crippen LogP contribution < -0.4 is 0 Å². The molecule has 0 saturated heterocycles. The van der Waals surface area contributed by atoms with Gasteiger partial charge in [0.2, 0.25) is 5.89 Å². The fourth-order valence-electron chi connectivity index (χ4n) is 0.885. The highest BCUT2D eigenvalue weighted by atomic mass is 16.5. The number of amides is 1. The largest absolute Gasteiger partial charge is 0.480 e. The second-order valence-corrected chi connectivity index (χ2v) is 3.07. The number of aryl methyl sites for hydroxylation is 1. The molecular formula is C8H11N3O4. The number of rotatable bonds is 3. The summed E-state index contributed by atoms with van der Waals surface area (Å²) >= 11 is 0. The van der Waals surface area contributed by atoms with E-state index in [4.69, 9.17) is 5.11 Å². The lowest BCUT2D eigenvalue weighted by atomic mass is 10.3. The fraction of sp³-hybridized carbons (Fsp3) is 0.500. The lowest BCUT2D eigenvalue weighted by Gasteiger charge is -2.19. The van der Waals surface area contributed by atoms with Crippen molar-refractivity contribution in [3.05, 3.63) is 11.7 Å². The van der Waals surface area contributed by atoms with E-state index in [0.29, 0.717) is 0 Å². The van der Waals surface area contributed by atoms with Gasteiger partial charge in [0.1, 0.15) is 6.04 Å². The number of aromatic nitrogens is 2. The molecule has 1 aromatic rings. The minimum Gasteiger partial charge on any atom is -0.480 e. The van der Waals surface area contributed by atoms with Crippen molar-refractivity contribution in [2.75, 3.05) is 7.05 Å². The molecule has 1 heterocycles. The predicted molar refractivity (Wildman–Crippen MR) is 48.2 cm³/mol. The zero-order valence-corrected chi connectivity index (χ0v) is 8.59. The van der Waals surface area contributed by atoms with Gasteiger partial charge in [0, 0.05) is 14.0 Å². The molecule has 1 aromatic heterocycles. The molecule has 15 heavy (non-hydrogen) atoms. The third kappa shape index (κ3) is 2.30. The molecular weight excluding hydrogens is 202 g/mol. The molecule has 7 nitrogen and oxygen atoms in total. The first-order valence-corrected chi connectivity index (χ1v) is 4.23. The number of aliphatic carboxylic acids is 1. The zero-order valence-electron chi connectivity index (χ0n) is 8.59. The first-order valence-electron chi connectivity index (χ1n) is 4.23. The Labute approximate surface area is 85.7 Å². The molecule has 0 saturated carbocycles. The van der Waals surface area contributed by atoms with Crippen LogP contribution in [-0.2, 0) is 4.79 Å². The highest BCUT2D eigenvalue weighted by molar-refractivity contribution is 5.93. The van der Waals surface area contributed by atoms with Crippen molar-refractivity contribution in [2.45, 2.75) is 19.9 Å². The second-order valence-electron chi connectivity index (χ2n) is 3.07. The monoisotopic (exact) mass is 213 g/mol. The van der Waals surface area contributed by atoms with Crippen LogP contribution >= 0.6 is 0 Å². The SMILES string of the molecule is Cc1nc(C(=O)N(C)C(C)C(=O)O)no1. The number of carboxylic acids is 1. The number of carbonyl (C=O) groups is 2. The van der Waals surface area contributed by atoms with Gasteiger partial charge >= 0.3 is 5.97 Å². The maximum atomic E-state index is 11.6. The summed E-state index contributed by atoms with van der Waals surface area (Å²) in [6, 6.07) is -0.934. The summed E-state index contributed by atoms with van der Waals surface area (Å²) in [7, 11) is 1.37. The first-order chi connectivity index (χ1) is 6.93. The van der Waals surface area contributed by atoms with E-state index in [0.717, 1.165) is 4.90 Å². The van der Waals surface area contributed by atoms with Crippen LogP contribution in [-0.4, -0.2) is 45.1 Å². The molecule has 1 atom stereocenters. The van der Waals surface area contributed by atoms with Crippen molar-refractivity contribution < 1.29 is 19.2 Å². The number of hydrogen-bond acceptors (Lipinski definition) is 5. The molecule has 0 aliphatic rings. The van der Waals surface area contributed by atoms with Gasteiger partial charge in [-0.1, -0.05) is 5.16 Å². The normalized spacial score (nSPS) is 12.2. The Balaban J connectivity index is 2.81. The summed E-state index contributed by atoms with van der Waals surface area (Å²) in [5.74, 6) is -1.55. The highest BCUT2D eigenvalue weighted by Crippen LogP contribution is 2.03. The second kappa shape index (κ2) is 4.07. The highest BCUT2D eigenvalue weighted by Gasteiger charge is 2.25. The van der Waals surface area contributed by atoms with Crippen LogP contribution in [0.15, 0.2) is 4.52 Å². The number of carbonyl (C=O) groups excluding carboxylic acids is 1. The summed E-state index contributed by atoms with van der Waals surface area (Å²) in [5, 5.41) is 12.1. The van der Waals surface area contributed by atoms with E-state index in [-0.39, 0.29) is 11.7 Å². The van der Waals surface area contributed by atoms with Gasteiger partial charge in [-0.05, 0) is 6.92 Å². The molecule has 0 spiro atoms. The van der Waals surface area contributed by atoms with Crippen LogP contribution in [0.1, 0.15) is 23.4 Å². The van der Waals surface area contributed by atoms with Gasteiger partial charge in [-0.15, -0.1) is 0 Å². The molecule has 0 aliphatic heterocycles. The summed E-state index contributed by atoms with van der Waals surface area (Å²) in [4.78, 5) is 27.0. The summed E-state index contributed by atoms with van der Waals surface area (Å²) in [6.45, 7) is 2.94. The Hall–Kier alpha value is -1.92. The Kier molecular flexibility index (Phi) is 3.03. The zero-order chi connectivity index (χ0) is 11.6. The number of nitrogens with zero attached hydrogens (tertiary/aromatic N) is 3. The maximum absolute atomic E-state index is 11.6. The smallest absolute Gasteiger partial charge is 0.326 e. The van der Waals surface area contributed by atoms with Crippen molar-refractivity contribution >= 4 is 11.9 Å². The van der Waals surface area contributed by atoms with Crippen molar-refractivity contribution in [1.29, 1.82) is 0 Å². The standard InChI is InChI=1S/C8H11N3O4/c1-4(8(13)14)11(3)7(12)6-9-5(2)15-10-6/h4H,1-3H3,(H,13,14). The minimum atomic E-state index is -1.09. The lowest BCUT2D eigenvalue weighted by molar-refractivity contribution is -0.141. The van der Waals surface area contributed by atoms with Gasteiger partial charge in [-0.25, -0.2) is 4.79 Å². The van der Waals surface area contributed by atoms with Crippen LogP contribution in [0.4, 0.5) is 0 Å². The van der Waals surface area contributed by atoms with E-state index in [1.54, 1.807) is 6.92 Å². The van der Waals surface area contributed by atoms with Crippen LogP contribution in [0, 0.1) is 6.92 Å². The maximum Gasteiger partial charge on any atom is 0.326 e. The van der Waals surface area contributed by atoms with Crippen molar-refractivity contribution in [3.8, 4) is 0 Å². The van der Waals surface area contributed by atoms with Crippen LogP contribution in [0.3, 0.4) is 0 Å². The summed E-state index contributed by atoms with van der Waals surface area (Å²) < 4.78 is 4.62. The number of carboxylic acid groups (broad SMARTS) is 1. The van der Waals surface area contributed by atoms with Crippen LogP contribution in [0.5, 0.6) is 0 Å². The predicted octanol–water partition coefficient (Wildman–Crippen LogP) is -0.0769. The third-order valence-corrected chi connectivity index (χ3v) is 1.98. The molecule has 0 radical (unpaired) electrons. The minimum absolute atomic E-state index is 0.136. The molecule has 7 heteroatoms. The Bertz CT molecular complexity index is 387. The van der Waals surface area contributed by atoms with Crippen molar-refractivity contribution in [3.63, 3.8) is 0 Å². The Morgan fingerprint density at radius 3 is 2.53 bits per heavy atom. The lowest BCUT2D eigenvalue weighted by Crippen LogP contribution is -2.40. The quantitative estimate of drug-likeness (QED) is 0.754. The Morgan fingerprint density at radius 2 is 2.13 bits per heavy atom. The van der Waals surface area contributed by atoms with Crippen LogP contribution in [0.25, 0.3) is 0 Å². The summed E-state index contributed by atoms with van der Waals surface area (Å²) in [5.41, 5.74) is 0. The molecule has 1 unspecified atom stereocenters. The summed E-state index contributed by atoms with van der Waals surface area (Å²) in [6.07, 6.45) is 0. The van der Waals surface area contributed by atoms with Gasteiger partial charge in [0.05, 0.1) is 0 Å². The molecule has 0 aliphatic carbocycles. The number of likely N-dealkylation sites (N-methyl/N-ethyl adjacent to an activating group) is 1. The van der Waals surface area contributed by atoms with E-state index in [2.05, 4.69) is 14.7 Å². The van der Waals surface area contributed by atoms with E-state index in [1.165, 1.54) is 14.0 Å². The molecule has 0 aromatic carbocycles. The average Bonchev–Trinajstić information content (AvgIpc) is 2.61. The fourth-order valence-corrected chi connectivity index (χ4v) is 0.885. The molecule has 82 valence electrons. The van der Waals surface area contributed by atoms with Gasteiger partial charge < -0.3 is 14.5 Å². The van der Waals surface area contributed by atoms with E-state index < -0.39 is 17.9 Å². The first kappa shape index (κ1) is 11.2. The van der Waals surface area contributed by atoms with E-state index in [9.17, 15) is 9.59 Å². The molecule has 1 N–H and O–H groups in total. The van der Waals surface area contributed by atoms with E-state index in [1.807, 2.05) is 0 Å². The third-order valence-electron chi connectivity index (χ3n) is 1.98.